The van der Waals surface area contributed by atoms with Crippen LogP contribution in [0.1, 0.15) is 19.8 Å². The Balaban J connectivity index is 2.23. The zero-order valence-electron chi connectivity index (χ0n) is 5.02. The van der Waals surface area contributed by atoms with Crippen LogP contribution in [0.3, 0.4) is 0 Å². The number of halogens is 1. The first kappa shape index (κ1) is 6.81. The summed E-state index contributed by atoms with van der Waals surface area (Å²) in [6.07, 6.45) is 4.82. The van der Waals surface area contributed by atoms with Gasteiger partial charge in [0, 0.05) is 6.04 Å². The van der Waals surface area contributed by atoms with E-state index in [2.05, 4.69) is 41.3 Å². The van der Waals surface area contributed by atoms with Crippen molar-refractivity contribution in [1.29, 1.82) is 0 Å². The van der Waals surface area contributed by atoms with E-state index < -0.39 is 0 Å². The first-order valence-electron chi connectivity index (χ1n) is 3.01. The lowest BCUT2D eigenvalue weighted by Crippen LogP contribution is -2.36. The standard InChI is InChI=1S/C6H11IN/c1-5-3-2-4-6(7)8-5/h2,5-6,8H,3-4H2,1H3. The second kappa shape index (κ2) is 3.01. The van der Waals surface area contributed by atoms with E-state index in [1.54, 1.807) is 0 Å². The molecule has 1 heterocycles. The second-order valence-corrected chi connectivity index (χ2v) is 3.80. The van der Waals surface area contributed by atoms with Crippen molar-refractivity contribution in [2.45, 2.75) is 29.9 Å². The molecule has 0 spiro atoms. The number of alkyl halides is 1. The van der Waals surface area contributed by atoms with Crippen LogP contribution in [0.15, 0.2) is 0 Å². The maximum atomic E-state index is 3.43. The smallest absolute Gasteiger partial charge is 0.0598 e. The molecule has 0 aromatic rings. The van der Waals surface area contributed by atoms with Gasteiger partial charge in [-0.05, 0) is 26.2 Å². The summed E-state index contributed by atoms with van der Waals surface area (Å²) in [5.41, 5.74) is 0. The molecule has 0 aromatic carbocycles. The fourth-order valence-electron chi connectivity index (χ4n) is 0.937. The van der Waals surface area contributed by atoms with Crippen molar-refractivity contribution in [3.05, 3.63) is 6.42 Å². The van der Waals surface area contributed by atoms with Crippen LogP contribution in [0.5, 0.6) is 0 Å². The molecule has 1 saturated heterocycles. The molecule has 2 unspecified atom stereocenters. The van der Waals surface area contributed by atoms with Gasteiger partial charge in [-0.2, -0.15) is 0 Å². The summed E-state index contributed by atoms with van der Waals surface area (Å²) in [7, 11) is 0. The largest absolute Gasteiger partial charge is 0.303 e. The first-order valence-corrected chi connectivity index (χ1v) is 4.25. The molecule has 0 aromatic heterocycles. The highest BCUT2D eigenvalue weighted by Crippen LogP contribution is 2.14. The van der Waals surface area contributed by atoms with Gasteiger partial charge >= 0.3 is 0 Å². The molecule has 1 aliphatic heterocycles. The van der Waals surface area contributed by atoms with Gasteiger partial charge in [-0.1, -0.05) is 22.6 Å². The van der Waals surface area contributed by atoms with Crippen LogP contribution >= 0.6 is 22.6 Å². The highest BCUT2D eigenvalue weighted by molar-refractivity contribution is 14.1. The van der Waals surface area contributed by atoms with E-state index in [1.807, 2.05) is 0 Å². The van der Waals surface area contributed by atoms with Crippen molar-refractivity contribution in [1.82, 2.24) is 5.32 Å². The van der Waals surface area contributed by atoms with E-state index in [4.69, 9.17) is 0 Å². The molecular weight excluding hydrogens is 213 g/mol. The van der Waals surface area contributed by atoms with Gasteiger partial charge < -0.3 is 5.32 Å². The summed E-state index contributed by atoms with van der Waals surface area (Å²) < 4.78 is 0.677. The Morgan fingerprint density at radius 3 is 2.75 bits per heavy atom. The molecule has 1 N–H and O–H groups in total. The maximum absolute atomic E-state index is 3.43. The number of rotatable bonds is 0. The van der Waals surface area contributed by atoms with Gasteiger partial charge in [-0.15, -0.1) is 0 Å². The predicted molar refractivity (Wildman–Crippen MR) is 43.9 cm³/mol. The average Bonchev–Trinajstić information content (AvgIpc) is 1.64. The van der Waals surface area contributed by atoms with Gasteiger partial charge in [0.15, 0.2) is 0 Å². The highest BCUT2D eigenvalue weighted by atomic mass is 127. The Morgan fingerprint density at radius 2 is 2.38 bits per heavy atom. The van der Waals surface area contributed by atoms with Crippen LogP contribution in [0.2, 0.25) is 0 Å². The first-order chi connectivity index (χ1) is 3.79. The van der Waals surface area contributed by atoms with Gasteiger partial charge in [0.25, 0.3) is 0 Å². The fraction of sp³-hybridized carbons (Fsp3) is 0.833. The topological polar surface area (TPSA) is 12.0 Å². The zero-order chi connectivity index (χ0) is 5.98. The molecular formula is C6H11IN. The third-order valence-corrected chi connectivity index (χ3v) is 2.23. The molecule has 0 saturated carbocycles. The summed E-state index contributed by atoms with van der Waals surface area (Å²) in [5, 5.41) is 3.43. The molecule has 2 heteroatoms. The number of hydrogen-bond donors (Lipinski definition) is 1. The molecule has 0 aliphatic carbocycles. The Bertz CT molecular complexity index is 66.9. The van der Waals surface area contributed by atoms with Crippen molar-refractivity contribution in [2.75, 3.05) is 0 Å². The summed E-state index contributed by atoms with van der Waals surface area (Å²) >= 11 is 2.43. The molecule has 0 amide bonds. The highest BCUT2D eigenvalue weighted by Gasteiger charge is 2.13. The van der Waals surface area contributed by atoms with E-state index in [0.717, 1.165) is 0 Å². The van der Waals surface area contributed by atoms with Crippen molar-refractivity contribution >= 4 is 22.6 Å². The minimum atomic E-state index is 0.677. The minimum absolute atomic E-state index is 0.677. The van der Waals surface area contributed by atoms with E-state index >= 15 is 0 Å². The second-order valence-electron chi connectivity index (χ2n) is 2.30. The summed E-state index contributed by atoms with van der Waals surface area (Å²) in [4.78, 5) is 0. The third-order valence-electron chi connectivity index (χ3n) is 1.36. The van der Waals surface area contributed by atoms with Crippen molar-refractivity contribution in [2.24, 2.45) is 0 Å². The molecule has 1 rings (SSSR count). The number of piperidine rings is 1. The Kier molecular flexibility index (Phi) is 2.56. The Labute approximate surface area is 64.4 Å². The monoisotopic (exact) mass is 224 g/mol. The van der Waals surface area contributed by atoms with Gasteiger partial charge in [-0.25, -0.2) is 0 Å². The van der Waals surface area contributed by atoms with Crippen LogP contribution in [-0.4, -0.2) is 10.1 Å². The van der Waals surface area contributed by atoms with E-state index in [9.17, 15) is 0 Å². The summed E-state index contributed by atoms with van der Waals surface area (Å²) in [6, 6.07) is 0.700. The van der Waals surface area contributed by atoms with E-state index in [1.165, 1.54) is 12.8 Å². The lowest BCUT2D eigenvalue weighted by Gasteiger charge is -2.23. The average molecular weight is 224 g/mol. The molecule has 1 fully saturated rings. The van der Waals surface area contributed by atoms with Crippen molar-refractivity contribution in [3.63, 3.8) is 0 Å². The third kappa shape index (κ3) is 1.90. The van der Waals surface area contributed by atoms with Gasteiger partial charge in [0.2, 0.25) is 0 Å². The lowest BCUT2D eigenvalue weighted by molar-refractivity contribution is 0.476. The number of nitrogens with one attached hydrogen (secondary N) is 1. The zero-order valence-corrected chi connectivity index (χ0v) is 7.18. The Hall–Kier alpha value is 0.690. The van der Waals surface area contributed by atoms with Gasteiger partial charge in [0.1, 0.15) is 0 Å². The van der Waals surface area contributed by atoms with Crippen LogP contribution in [0.25, 0.3) is 0 Å². The summed E-state index contributed by atoms with van der Waals surface area (Å²) in [6.45, 7) is 2.22. The molecule has 8 heavy (non-hydrogen) atoms. The van der Waals surface area contributed by atoms with Crippen LogP contribution in [0, 0.1) is 6.42 Å². The number of hydrogen-bond acceptors (Lipinski definition) is 1. The van der Waals surface area contributed by atoms with E-state index in [-0.39, 0.29) is 0 Å². The normalized spacial score (nSPS) is 39.8. The molecule has 1 nitrogen and oxygen atoms in total. The van der Waals surface area contributed by atoms with Crippen LogP contribution < -0.4 is 5.32 Å². The van der Waals surface area contributed by atoms with Crippen LogP contribution in [0.4, 0.5) is 0 Å². The fourth-order valence-corrected chi connectivity index (χ4v) is 1.91. The summed E-state index contributed by atoms with van der Waals surface area (Å²) in [5.74, 6) is 0. The van der Waals surface area contributed by atoms with E-state index in [0.29, 0.717) is 10.1 Å². The minimum Gasteiger partial charge on any atom is -0.303 e. The quantitative estimate of drug-likeness (QED) is 0.375. The molecule has 0 bridgehead atoms. The van der Waals surface area contributed by atoms with Crippen LogP contribution in [-0.2, 0) is 0 Å². The van der Waals surface area contributed by atoms with Gasteiger partial charge in [0.05, 0.1) is 4.05 Å². The molecule has 2 atom stereocenters. The Morgan fingerprint density at radius 1 is 1.62 bits per heavy atom. The van der Waals surface area contributed by atoms with Crippen molar-refractivity contribution < 1.29 is 0 Å². The van der Waals surface area contributed by atoms with Crippen molar-refractivity contribution in [3.8, 4) is 0 Å². The lowest BCUT2D eigenvalue weighted by atomic mass is 10.1. The molecule has 1 aliphatic rings. The molecule has 47 valence electrons. The molecule has 1 radical (unpaired) electrons. The van der Waals surface area contributed by atoms with Gasteiger partial charge in [-0.3, -0.25) is 0 Å². The SMILES string of the molecule is CC1C[CH]CC(I)N1. The predicted octanol–water partition coefficient (Wildman–Crippen LogP) is 1.72. The maximum Gasteiger partial charge on any atom is 0.0598 e.